The fourth-order valence-corrected chi connectivity index (χ4v) is 2.84. The lowest BCUT2D eigenvalue weighted by atomic mass is 10.2. The van der Waals surface area contributed by atoms with Crippen LogP contribution in [0.5, 0.6) is 0 Å². The normalized spacial score (nSPS) is 12.1. The first-order valence-electron chi connectivity index (χ1n) is 5.48. The monoisotopic (exact) mass is 252 g/mol. The van der Waals surface area contributed by atoms with E-state index in [1.54, 1.807) is 6.92 Å². The van der Waals surface area contributed by atoms with Crippen molar-refractivity contribution in [1.29, 1.82) is 0 Å². The average molecular weight is 252 g/mol. The Hall–Kier alpha value is -1.49. The highest BCUT2D eigenvalue weighted by Crippen LogP contribution is 2.25. The Labute approximate surface area is 101 Å². The molecule has 1 aromatic heterocycles. The van der Waals surface area contributed by atoms with E-state index in [1.807, 2.05) is 35.9 Å². The molecule has 0 aliphatic rings. The number of benzene rings is 1. The average Bonchev–Trinajstić information content (AvgIpc) is 2.58. The van der Waals surface area contributed by atoms with E-state index in [0.29, 0.717) is 5.69 Å². The van der Waals surface area contributed by atoms with Crippen molar-refractivity contribution in [3.05, 3.63) is 30.0 Å². The molecule has 92 valence electrons. The number of aryl methyl sites for hydroxylation is 1. The number of rotatable bonds is 3. The third-order valence-corrected chi connectivity index (χ3v) is 4.64. The number of nitrogens with zero attached hydrogens (tertiary/aromatic N) is 1. The fourth-order valence-electron chi connectivity index (χ4n) is 1.90. The number of nitrogen functional groups attached to an aromatic ring is 1. The summed E-state index contributed by atoms with van der Waals surface area (Å²) in [7, 11) is -1.15. The summed E-state index contributed by atoms with van der Waals surface area (Å²) in [6, 6.07) is 7.49. The minimum Gasteiger partial charge on any atom is -0.398 e. The summed E-state index contributed by atoms with van der Waals surface area (Å²) in [6.45, 7) is 1.66. The molecule has 0 saturated carbocycles. The summed E-state index contributed by atoms with van der Waals surface area (Å²) in [4.78, 5) is 0. The molecular weight excluding hydrogens is 236 g/mol. The van der Waals surface area contributed by atoms with E-state index in [-0.39, 0.29) is 11.5 Å². The van der Waals surface area contributed by atoms with Gasteiger partial charge in [0, 0.05) is 29.6 Å². The summed E-state index contributed by atoms with van der Waals surface area (Å²) in [5.41, 5.74) is 8.29. The van der Waals surface area contributed by atoms with Gasteiger partial charge in [0.2, 0.25) is 0 Å². The maximum Gasteiger partial charge on any atom is 0.155 e. The van der Waals surface area contributed by atoms with Crippen molar-refractivity contribution in [3.8, 4) is 0 Å². The first-order valence-corrected chi connectivity index (χ1v) is 7.30. The quantitative estimate of drug-likeness (QED) is 0.845. The molecule has 2 N–H and O–H groups in total. The smallest absolute Gasteiger partial charge is 0.155 e. The Morgan fingerprint density at radius 2 is 2.06 bits per heavy atom. The number of hydrogen-bond donors (Lipinski definition) is 1. The standard InChI is InChI=1S/C12H16N2O2S/c1-3-17(15,16)8-9-7-10-11(13)5-4-6-12(10)14(9)2/h4-7H,3,8,13H2,1-2H3. The van der Waals surface area contributed by atoms with Gasteiger partial charge in [-0.05, 0) is 18.2 Å². The maximum absolute atomic E-state index is 11.6. The van der Waals surface area contributed by atoms with E-state index in [2.05, 4.69) is 0 Å². The van der Waals surface area contributed by atoms with Crippen LogP contribution in [0, 0.1) is 0 Å². The first kappa shape index (κ1) is 12.0. The highest BCUT2D eigenvalue weighted by molar-refractivity contribution is 7.90. The van der Waals surface area contributed by atoms with Gasteiger partial charge in [0.1, 0.15) is 0 Å². The van der Waals surface area contributed by atoms with Crippen LogP contribution in [0.2, 0.25) is 0 Å². The summed E-state index contributed by atoms with van der Waals surface area (Å²) in [5.74, 6) is 0.220. The Balaban J connectivity index is 2.57. The Kier molecular flexibility index (Phi) is 2.87. The second-order valence-electron chi connectivity index (χ2n) is 4.15. The van der Waals surface area contributed by atoms with Gasteiger partial charge in [0.05, 0.1) is 11.3 Å². The third-order valence-electron chi connectivity index (χ3n) is 3.03. The fraction of sp³-hybridized carbons (Fsp3) is 0.333. The molecule has 0 amide bonds. The van der Waals surface area contributed by atoms with Crippen molar-refractivity contribution < 1.29 is 8.42 Å². The van der Waals surface area contributed by atoms with Gasteiger partial charge in [-0.25, -0.2) is 8.42 Å². The molecule has 0 unspecified atom stereocenters. The number of anilines is 1. The lowest BCUT2D eigenvalue weighted by Crippen LogP contribution is -2.09. The maximum atomic E-state index is 11.6. The van der Waals surface area contributed by atoms with E-state index in [1.165, 1.54) is 0 Å². The number of sulfone groups is 1. The van der Waals surface area contributed by atoms with Crippen LogP contribution in [-0.2, 0) is 22.6 Å². The van der Waals surface area contributed by atoms with E-state index in [0.717, 1.165) is 16.6 Å². The zero-order valence-electron chi connectivity index (χ0n) is 9.97. The number of nitrogens with two attached hydrogens (primary N) is 1. The van der Waals surface area contributed by atoms with Crippen LogP contribution in [0.4, 0.5) is 5.69 Å². The zero-order valence-corrected chi connectivity index (χ0v) is 10.8. The minimum absolute atomic E-state index is 0.0636. The van der Waals surface area contributed by atoms with Crippen molar-refractivity contribution >= 4 is 26.4 Å². The molecule has 4 nitrogen and oxygen atoms in total. The van der Waals surface area contributed by atoms with Gasteiger partial charge in [0.15, 0.2) is 9.84 Å². The first-order chi connectivity index (χ1) is 7.94. The summed E-state index contributed by atoms with van der Waals surface area (Å²) >= 11 is 0. The van der Waals surface area contributed by atoms with Crippen molar-refractivity contribution in [2.75, 3.05) is 11.5 Å². The van der Waals surface area contributed by atoms with Crippen LogP contribution in [0.1, 0.15) is 12.6 Å². The summed E-state index contributed by atoms with van der Waals surface area (Å²) in [6.07, 6.45) is 0. The second-order valence-corrected chi connectivity index (χ2v) is 6.50. The number of hydrogen-bond acceptors (Lipinski definition) is 3. The SMILES string of the molecule is CCS(=O)(=O)Cc1cc2c(N)cccc2n1C. The molecule has 0 fully saturated rings. The van der Waals surface area contributed by atoms with Crippen molar-refractivity contribution in [2.45, 2.75) is 12.7 Å². The van der Waals surface area contributed by atoms with Crippen molar-refractivity contribution in [3.63, 3.8) is 0 Å². The molecule has 0 radical (unpaired) electrons. The van der Waals surface area contributed by atoms with E-state index >= 15 is 0 Å². The predicted octanol–water partition coefficient (Wildman–Crippen LogP) is 1.70. The van der Waals surface area contributed by atoms with Gasteiger partial charge >= 0.3 is 0 Å². The molecule has 0 saturated heterocycles. The van der Waals surface area contributed by atoms with Crippen LogP contribution in [-0.4, -0.2) is 18.7 Å². The molecule has 0 bridgehead atoms. The second kappa shape index (κ2) is 4.07. The Bertz CT molecular complexity index is 656. The van der Waals surface area contributed by atoms with Crippen LogP contribution in [0.15, 0.2) is 24.3 Å². The molecule has 0 atom stereocenters. The van der Waals surface area contributed by atoms with Gasteiger partial charge in [-0.2, -0.15) is 0 Å². The van der Waals surface area contributed by atoms with Gasteiger partial charge < -0.3 is 10.3 Å². The number of aromatic nitrogens is 1. The van der Waals surface area contributed by atoms with Gasteiger partial charge in [-0.15, -0.1) is 0 Å². The molecule has 1 aromatic carbocycles. The Morgan fingerprint density at radius 3 is 2.65 bits per heavy atom. The van der Waals surface area contributed by atoms with Gasteiger partial charge in [-0.1, -0.05) is 13.0 Å². The summed E-state index contributed by atoms with van der Waals surface area (Å²) < 4.78 is 25.2. The zero-order chi connectivity index (χ0) is 12.6. The predicted molar refractivity (Wildman–Crippen MR) is 70.5 cm³/mol. The van der Waals surface area contributed by atoms with Crippen LogP contribution < -0.4 is 5.73 Å². The van der Waals surface area contributed by atoms with E-state index in [9.17, 15) is 8.42 Å². The lowest BCUT2D eigenvalue weighted by Gasteiger charge is -2.04. The highest BCUT2D eigenvalue weighted by Gasteiger charge is 2.14. The van der Waals surface area contributed by atoms with E-state index < -0.39 is 9.84 Å². The molecule has 0 spiro atoms. The molecule has 0 aliphatic carbocycles. The molecule has 1 heterocycles. The van der Waals surface area contributed by atoms with Crippen molar-refractivity contribution in [2.24, 2.45) is 7.05 Å². The molecular formula is C12H16N2O2S. The molecule has 2 rings (SSSR count). The largest absolute Gasteiger partial charge is 0.398 e. The topological polar surface area (TPSA) is 65.1 Å². The highest BCUT2D eigenvalue weighted by atomic mass is 32.2. The minimum atomic E-state index is -3.02. The Morgan fingerprint density at radius 1 is 1.35 bits per heavy atom. The van der Waals surface area contributed by atoms with Crippen LogP contribution >= 0.6 is 0 Å². The summed E-state index contributed by atoms with van der Waals surface area (Å²) in [5, 5.41) is 0.913. The van der Waals surface area contributed by atoms with Crippen LogP contribution in [0.3, 0.4) is 0 Å². The molecule has 5 heteroatoms. The van der Waals surface area contributed by atoms with E-state index in [4.69, 9.17) is 5.73 Å². The molecule has 2 aromatic rings. The number of fused-ring (bicyclic) bond motifs is 1. The third kappa shape index (κ3) is 2.15. The van der Waals surface area contributed by atoms with Gasteiger partial charge in [-0.3, -0.25) is 0 Å². The van der Waals surface area contributed by atoms with Crippen LogP contribution in [0.25, 0.3) is 10.9 Å². The van der Waals surface area contributed by atoms with Crippen molar-refractivity contribution in [1.82, 2.24) is 4.57 Å². The lowest BCUT2D eigenvalue weighted by molar-refractivity contribution is 0.595. The molecule has 0 aliphatic heterocycles. The van der Waals surface area contributed by atoms with Gasteiger partial charge in [0.25, 0.3) is 0 Å². The molecule has 17 heavy (non-hydrogen) atoms.